The van der Waals surface area contributed by atoms with Crippen molar-refractivity contribution in [3.63, 3.8) is 0 Å². The average molecular weight is 389 g/mol. The van der Waals surface area contributed by atoms with Gasteiger partial charge in [-0.1, -0.05) is 18.7 Å². The van der Waals surface area contributed by atoms with Crippen LogP contribution in [0.2, 0.25) is 0 Å². The molecule has 2 aliphatic heterocycles. The summed E-state index contributed by atoms with van der Waals surface area (Å²) in [6.07, 6.45) is 8.00. The van der Waals surface area contributed by atoms with Gasteiger partial charge in [0.2, 0.25) is 0 Å². The van der Waals surface area contributed by atoms with Crippen molar-refractivity contribution >= 4 is 23.4 Å². The molecule has 27 heavy (non-hydrogen) atoms. The minimum absolute atomic E-state index is 0.239. The number of hydrogen-bond donors (Lipinski definition) is 3. The molecule has 8 heteroatoms. The minimum atomic E-state index is 0.239. The standard InChI is InChI=1S/C19H28N6OS/c1-19(12-20)4-7-25(8-5-19)16-11-23-18(17(21)24-16)27-13-2-3-15-14(10-13)22-6-9-26-15/h10-11,22H,2-9,12,20H2,1H3,(H2,21,24). The van der Waals surface area contributed by atoms with E-state index in [-0.39, 0.29) is 5.41 Å². The van der Waals surface area contributed by atoms with Gasteiger partial charge in [0, 0.05) is 26.1 Å². The summed E-state index contributed by atoms with van der Waals surface area (Å²) < 4.78 is 5.71. The number of piperidine rings is 1. The molecule has 1 aromatic heterocycles. The Kier molecular flexibility index (Phi) is 5.19. The highest BCUT2D eigenvalue weighted by atomic mass is 32.2. The molecular formula is C19H28N6OS. The zero-order valence-corrected chi connectivity index (χ0v) is 16.6. The predicted molar refractivity (Wildman–Crippen MR) is 109 cm³/mol. The minimum Gasteiger partial charge on any atom is -0.494 e. The number of anilines is 2. The number of aromatic nitrogens is 2. The van der Waals surface area contributed by atoms with Crippen LogP contribution in [0.4, 0.5) is 11.6 Å². The molecule has 0 bridgehead atoms. The summed E-state index contributed by atoms with van der Waals surface area (Å²) in [6.45, 7) is 6.48. The summed E-state index contributed by atoms with van der Waals surface area (Å²) in [5.41, 5.74) is 13.5. The van der Waals surface area contributed by atoms with Crippen molar-refractivity contribution in [1.29, 1.82) is 0 Å². The van der Waals surface area contributed by atoms with E-state index < -0.39 is 0 Å². The Balaban J connectivity index is 1.44. The van der Waals surface area contributed by atoms with Gasteiger partial charge in [-0.25, -0.2) is 9.97 Å². The maximum atomic E-state index is 6.24. The van der Waals surface area contributed by atoms with E-state index in [2.05, 4.69) is 33.2 Å². The van der Waals surface area contributed by atoms with Crippen molar-refractivity contribution in [2.75, 3.05) is 43.4 Å². The number of allylic oxidation sites excluding steroid dienone is 3. The topological polar surface area (TPSA) is 102 Å². The number of thioether (sulfide) groups is 1. The Morgan fingerprint density at radius 1 is 1.33 bits per heavy atom. The molecule has 3 aliphatic rings. The molecule has 1 aliphatic carbocycles. The maximum absolute atomic E-state index is 6.24. The van der Waals surface area contributed by atoms with Crippen molar-refractivity contribution < 1.29 is 4.74 Å². The third-order valence-corrected chi connectivity index (χ3v) is 6.76. The van der Waals surface area contributed by atoms with Crippen LogP contribution in [-0.2, 0) is 4.74 Å². The zero-order chi connectivity index (χ0) is 18.9. The molecule has 5 N–H and O–H groups in total. The fourth-order valence-electron chi connectivity index (χ4n) is 3.64. The molecule has 4 rings (SSSR count). The summed E-state index contributed by atoms with van der Waals surface area (Å²) in [5.74, 6) is 2.42. The van der Waals surface area contributed by atoms with Crippen LogP contribution in [-0.4, -0.2) is 42.8 Å². The lowest BCUT2D eigenvalue weighted by Gasteiger charge is -2.39. The molecular weight excluding hydrogens is 360 g/mol. The second-order valence-corrected chi connectivity index (χ2v) is 8.86. The van der Waals surface area contributed by atoms with E-state index in [1.807, 2.05) is 6.20 Å². The number of nitrogens with zero attached hydrogens (tertiary/aromatic N) is 3. The van der Waals surface area contributed by atoms with Gasteiger partial charge in [0.1, 0.15) is 23.2 Å². The molecule has 3 heterocycles. The second kappa shape index (κ2) is 7.59. The van der Waals surface area contributed by atoms with Crippen LogP contribution in [0.3, 0.4) is 0 Å². The van der Waals surface area contributed by atoms with Crippen molar-refractivity contribution in [2.45, 2.75) is 37.6 Å². The molecule has 146 valence electrons. The van der Waals surface area contributed by atoms with Gasteiger partial charge < -0.3 is 26.4 Å². The normalized spacial score (nSPS) is 21.9. The van der Waals surface area contributed by atoms with E-state index in [9.17, 15) is 0 Å². The van der Waals surface area contributed by atoms with Crippen LogP contribution in [0, 0.1) is 5.41 Å². The highest BCUT2D eigenvalue weighted by Crippen LogP contribution is 2.38. The summed E-state index contributed by atoms with van der Waals surface area (Å²) in [7, 11) is 0. The van der Waals surface area contributed by atoms with Crippen molar-refractivity contribution in [2.24, 2.45) is 11.1 Å². The van der Waals surface area contributed by atoms with Crippen LogP contribution in [0.25, 0.3) is 0 Å². The largest absolute Gasteiger partial charge is 0.494 e. The SMILES string of the molecule is CC1(CN)CCN(c2cnc(SC3=CC4=C(CC3)OCCN4)c(N)n2)CC1. The highest BCUT2D eigenvalue weighted by Gasteiger charge is 2.29. The summed E-state index contributed by atoms with van der Waals surface area (Å²) in [6, 6.07) is 0. The lowest BCUT2D eigenvalue weighted by Crippen LogP contribution is -2.42. The molecule has 0 spiro atoms. The number of nitrogens with one attached hydrogen (secondary N) is 1. The van der Waals surface area contributed by atoms with Crippen LogP contribution < -0.4 is 21.7 Å². The lowest BCUT2D eigenvalue weighted by molar-refractivity contribution is 0.182. The van der Waals surface area contributed by atoms with Crippen molar-refractivity contribution in [1.82, 2.24) is 15.3 Å². The van der Waals surface area contributed by atoms with Gasteiger partial charge >= 0.3 is 0 Å². The van der Waals surface area contributed by atoms with Gasteiger partial charge in [-0.05, 0) is 42.2 Å². The quantitative estimate of drug-likeness (QED) is 0.722. The molecule has 1 fully saturated rings. The first-order valence-corrected chi connectivity index (χ1v) is 10.4. The summed E-state index contributed by atoms with van der Waals surface area (Å²) in [5, 5.41) is 4.17. The van der Waals surface area contributed by atoms with Crippen LogP contribution >= 0.6 is 11.8 Å². The van der Waals surface area contributed by atoms with Crippen molar-refractivity contribution in [3.05, 3.63) is 28.6 Å². The first-order chi connectivity index (χ1) is 13.1. The van der Waals surface area contributed by atoms with Gasteiger partial charge in [-0.15, -0.1) is 0 Å². The Bertz CT molecular complexity index is 769. The van der Waals surface area contributed by atoms with E-state index in [1.165, 1.54) is 4.91 Å². The van der Waals surface area contributed by atoms with Crippen molar-refractivity contribution in [3.8, 4) is 0 Å². The average Bonchev–Trinajstić information content (AvgIpc) is 2.70. The third kappa shape index (κ3) is 4.01. The van der Waals surface area contributed by atoms with Gasteiger partial charge in [0.05, 0.1) is 11.9 Å². The zero-order valence-electron chi connectivity index (χ0n) is 15.8. The number of nitrogens with two attached hydrogens (primary N) is 2. The molecule has 0 aromatic carbocycles. The smallest absolute Gasteiger partial charge is 0.158 e. The fourth-order valence-corrected chi connectivity index (χ4v) is 4.53. The van der Waals surface area contributed by atoms with Gasteiger partial charge in [-0.2, -0.15) is 0 Å². The first-order valence-electron chi connectivity index (χ1n) is 9.62. The number of ether oxygens (including phenoxy) is 1. The fraction of sp³-hybridized carbons (Fsp3) is 0.579. The van der Waals surface area contributed by atoms with E-state index in [1.54, 1.807) is 11.8 Å². The summed E-state index contributed by atoms with van der Waals surface area (Å²) >= 11 is 1.60. The van der Waals surface area contributed by atoms with Crippen LogP contribution in [0.15, 0.2) is 33.7 Å². The first kappa shape index (κ1) is 18.4. The summed E-state index contributed by atoms with van der Waals surface area (Å²) in [4.78, 5) is 12.7. The number of hydrogen-bond acceptors (Lipinski definition) is 8. The molecule has 7 nitrogen and oxygen atoms in total. The third-order valence-electron chi connectivity index (χ3n) is 5.66. The molecule has 0 unspecified atom stereocenters. The van der Waals surface area contributed by atoms with E-state index in [0.29, 0.717) is 5.82 Å². The van der Waals surface area contributed by atoms with E-state index in [4.69, 9.17) is 16.2 Å². The van der Waals surface area contributed by atoms with Crippen LogP contribution in [0.1, 0.15) is 32.6 Å². The van der Waals surface area contributed by atoms with Crippen LogP contribution in [0.5, 0.6) is 0 Å². The molecule has 1 saturated heterocycles. The second-order valence-electron chi connectivity index (χ2n) is 7.75. The maximum Gasteiger partial charge on any atom is 0.158 e. The van der Waals surface area contributed by atoms with Gasteiger partial charge in [0.15, 0.2) is 5.82 Å². The Labute approximate surface area is 164 Å². The number of nitrogen functional groups attached to an aromatic ring is 1. The lowest BCUT2D eigenvalue weighted by atomic mass is 9.80. The Morgan fingerprint density at radius 3 is 2.89 bits per heavy atom. The van der Waals surface area contributed by atoms with E-state index >= 15 is 0 Å². The Morgan fingerprint density at radius 2 is 2.15 bits per heavy atom. The molecule has 0 amide bonds. The molecule has 0 atom stereocenters. The Hall–Kier alpha value is -1.93. The molecule has 0 saturated carbocycles. The van der Waals surface area contributed by atoms with E-state index in [0.717, 1.165) is 80.8 Å². The van der Waals surface area contributed by atoms with Gasteiger partial charge in [0.25, 0.3) is 0 Å². The molecule has 0 radical (unpaired) electrons. The molecule has 1 aromatic rings. The predicted octanol–water partition coefficient (Wildman–Crippen LogP) is 2.23. The van der Waals surface area contributed by atoms with Gasteiger partial charge in [-0.3, -0.25) is 0 Å². The highest BCUT2D eigenvalue weighted by molar-refractivity contribution is 8.03. The monoisotopic (exact) mass is 388 g/mol. The number of rotatable bonds is 4.